The van der Waals surface area contributed by atoms with Crippen LogP contribution < -0.4 is 5.32 Å². The van der Waals surface area contributed by atoms with Gasteiger partial charge in [-0.3, -0.25) is 0 Å². The smallest absolute Gasteiger partial charge is 0.0516 e. The van der Waals surface area contributed by atoms with Crippen LogP contribution in [0.1, 0.15) is 43.4 Å². The minimum absolute atomic E-state index is 0.868. The van der Waals surface area contributed by atoms with E-state index in [2.05, 4.69) is 11.4 Å². The van der Waals surface area contributed by atoms with Gasteiger partial charge in [-0.15, -0.1) is 11.3 Å². The Morgan fingerprint density at radius 3 is 2.88 bits per heavy atom. The van der Waals surface area contributed by atoms with Gasteiger partial charge in [-0.05, 0) is 31.4 Å². The van der Waals surface area contributed by atoms with Crippen LogP contribution in [0.4, 0.5) is 0 Å². The van der Waals surface area contributed by atoms with Crippen molar-refractivity contribution in [1.82, 2.24) is 5.32 Å². The zero-order valence-electron chi connectivity index (χ0n) is 9.68. The Bertz CT molecular complexity index is 305. The van der Waals surface area contributed by atoms with Crippen molar-refractivity contribution in [2.24, 2.45) is 5.92 Å². The van der Waals surface area contributed by atoms with Crippen molar-refractivity contribution in [2.45, 2.75) is 45.1 Å². The van der Waals surface area contributed by atoms with Crippen molar-refractivity contribution in [2.75, 3.05) is 6.54 Å². The Balaban J connectivity index is 1.51. The van der Waals surface area contributed by atoms with Crippen LogP contribution in [-0.2, 0) is 6.54 Å². The Morgan fingerprint density at radius 1 is 1.38 bits per heavy atom. The molecule has 0 radical (unpaired) electrons. The SMILES string of the molecule is Clc1csc(CNCCCC2CCCC2)c1. The van der Waals surface area contributed by atoms with Crippen molar-refractivity contribution >= 4 is 22.9 Å². The first-order valence-electron chi connectivity index (χ1n) is 6.28. The predicted molar refractivity (Wildman–Crippen MR) is 72.2 cm³/mol. The van der Waals surface area contributed by atoms with E-state index in [4.69, 9.17) is 11.6 Å². The molecule has 2 rings (SSSR count). The van der Waals surface area contributed by atoms with Crippen LogP contribution in [0, 0.1) is 5.92 Å². The lowest BCUT2D eigenvalue weighted by Crippen LogP contribution is -2.14. The fourth-order valence-electron chi connectivity index (χ4n) is 2.47. The van der Waals surface area contributed by atoms with Gasteiger partial charge >= 0.3 is 0 Å². The molecule has 0 aliphatic heterocycles. The maximum atomic E-state index is 5.87. The molecular formula is C13H20ClNS. The minimum atomic E-state index is 0.868. The maximum absolute atomic E-state index is 5.87. The fraction of sp³-hybridized carbons (Fsp3) is 0.692. The van der Waals surface area contributed by atoms with Gasteiger partial charge < -0.3 is 5.32 Å². The van der Waals surface area contributed by atoms with Gasteiger partial charge in [0.2, 0.25) is 0 Å². The van der Waals surface area contributed by atoms with Gasteiger partial charge in [-0.25, -0.2) is 0 Å². The number of thiophene rings is 1. The lowest BCUT2D eigenvalue weighted by Gasteiger charge is -2.08. The molecule has 0 unspecified atom stereocenters. The highest BCUT2D eigenvalue weighted by atomic mass is 35.5. The quantitative estimate of drug-likeness (QED) is 0.742. The normalized spacial score (nSPS) is 17.1. The Labute approximate surface area is 107 Å². The van der Waals surface area contributed by atoms with Gasteiger partial charge in [0.25, 0.3) is 0 Å². The highest BCUT2D eigenvalue weighted by molar-refractivity contribution is 7.10. The molecule has 16 heavy (non-hydrogen) atoms. The maximum Gasteiger partial charge on any atom is 0.0516 e. The van der Waals surface area contributed by atoms with E-state index in [1.54, 1.807) is 11.3 Å². The molecule has 1 N–H and O–H groups in total. The summed E-state index contributed by atoms with van der Waals surface area (Å²) >= 11 is 7.61. The van der Waals surface area contributed by atoms with Gasteiger partial charge in [-0.2, -0.15) is 0 Å². The van der Waals surface area contributed by atoms with Gasteiger partial charge in [-0.1, -0.05) is 37.3 Å². The second-order valence-electron chi connectivity index (χ2n) is 4.70. The van der Waals surface area contributed by atoms with Crippen molar-refractivity contribution in [1.29, 1.82) is 0 Å². The summed E-state index contributed by atoms with van der Waals surface area (Å²) in [6, 6.07) is 2.05. The summed E-state index contributed by atoms with van der Waals surface area (Å²) in [6.07, 6.45) is 8.61. The summed E-state index contributed by atoms with van der Waals surface area (Å²) < 4.78 is 0. The third-order valence-corrected chi connectivity index (χ3v) is 4.65. The van der Waals surface area contributed by atoms with E-state index >= 15 is 0 Å². The molecular weight excluding hydrogens is 238 g/mol. The average molecular weight is 258 g/mol. The molecule has 0 atom stereocenters. The van der Waals surface area contributed by atoms with Gasteiger partial charge in [0.15, 0.2) is 0 Å². The highest BCUT2D eigenvalue weighted by Gasteiger charge is 2.13. The van der Waals surface area contributed by atoms with E-state index in [9.17, 15) is 0 Å². The van der Waals surface area contributed by atoms with Crippen molar-refractivity contribution in [3.05, 3.63) is 21.3 Å². The topological polar surface area (TPSA) is 12.0 Å². The zero-order valence-corrected chi connectivity index (χ0v) is 11.2. The summed E-state index contributed by atoms with van der Waals surface area (Å²) in [5, 5.41) is 6.36. The number of hydrogen-bond acceptors (Lipinski definition) is 2. The second kappa shape index (κ2) is 6.63. The van der Waals surface area contributed by atoms with E-state index in [0.29, 0.717) is 0 Å². The number of halogens is 1. The van der Waals surface area contributed by atoms with Crippen molar-refractivity contribution < 1.29 is 0 Å². The average Bonchev–Trinajstić information content (AvgIpc) is 2.89. The lowest BCUT2D eigenvalue weighted by atomic mass is 10.0. The van der Waals surface area contributed by atoms with Crippen molar-refractivity contribution in [3.8, 4) is 0 Å². The van der Waals surface area contributed by atoms with Crippen LogP contribution in [0.25, 0.3) is 0 Å². The Hall–Kier alpha value is -0.0500. The molecule has 3 heteroatoms. The first-order valence-corrected chi connectivity index (χ1v) is 7.54. The summed E-state index contributed by atoms with van der Waals surface area (Å²) in [5.41, 5.74) is 0. The number of hydrogen-bond donors (Lipinski definition) is 1. The minimum Gasteiger partial charge on any atom is -0.312 e. The standard InChI is InChI=1S/C13H20ClNS/c14-12-8-13(16-10-12)9-15-7-3-6-11-4-1-2-5-11/h8,10-11,15H,1-7,9H2. The number of nitrogens with one attached hydrogen (secondary N) is 1. The molecule has 1 heterocycles. The molecule has 1 nitrogen and oxygen atoms in total. The zero-order chi connectivity index (χ0) is 11.2. The monoisotopic (exact) mass is 257 g/mol. The van der Waals surface area contributed by atoms with Gasteiger partial charge in [0, 0.05) is 16.8 Å². The van der Waals surface area contributed by atoms with Crippen LogP contribution in [0.3, 0.4) is 0 Å². The molecule has 0 amide bonds. The largest absolute Gasteiger partial charge is 0.312 e. The third-order valence-electron chi connectivity index (χ3n) is 3.36. The van der Waals surface area contributed by atoms with Crippen LogP contribution in [0.5, 0.6) is 0 Å². The highest BCUT2D eigenvalue weighted by Crippen LogP contribution is 2.28. The van der Waals surface area contributed by atoms with Crippen LogP contribution in [0.15, 0.2) is 11.4 Å². The summed E-state index contributed by atoms with van der Waals surface area (Å²) in [7, 11) is 0. The molecule has 1 aromatic heterocycles. The Kier molecular flexibility index (Phi) is 5.14. The molecule has 1 fully saturated rings. The third kappa shape index (κ3) is 4.08. The van der Waals surface area contributed by atoms with Gasteiger partial charge in [0.1, 0.15) is 0 Å². The summed E-state index contributed by atoms with van der Waals surface area (Å²) in [4.78, 5) is 1.34. The van der Waals surface area contributed by atoms with Crippen LogP contribution >= 0.6 is 22.9 Å². The molecule has 1 aliphatic carbocycles. The van der Waals surface area contributed by atoms with Crippen molar-refractivity contribution in [3.63, 3.8) is 0 Å². The fourth-order valence-corrected chi connectivity index (χ4v) is 3.52. The molecule has 0 spiro atoms. The second-order valence-corrected chi connectivity index (χ2v) is 6.13. The van der Waals surface area contributed by atoms with Crippen LogP contribution in [-0.4, -0.2) is 6.54 Å². The first kappa shape index (κ1) is 12.4. The molecule has 1 saturated carbocycles. The van der Waals surface area contributed by atoms with E-state index in [1.807, 2.05) is 5.38 Å². The molecule has 0 aromatic carbocycles. The Morgan fingerprint density at radius 2 is 2.19 bits per heavy atom. The first-order chi connectivity index (χ1) is 7.84. The van der Waals surface area contributed by atoms with Gasteiger partial charge in [0.05, 0.1) is 5.02 Å². The summed E-state index contributed by atoms with van der Waals surface area (Å²) in [5.74, 6) is 1.03. The molecule has 0 bridgehead atoms. The molecule has 1 aromatic rings. The molecule has 1 aliphatic rings. The van der Waals surface area contributed by atoms with E-state index in [-0.39, 0.29) is 0 Å². The number of rotatable bonds is 6. The van der Waals surface area contributed by atoms with E-state index in [1.165, 1.54) is 43.4 Å². The predicted octanol–water partition coefficient (Wildman–Crippen LogP) is 4.46. The summed E-state index contributed by atoms with van der Waals surface area (Å²) in [6.45, 7) is 2.12. The molecule has 0 saturated heterocycles. The van der Waals surface area contributed by atoms with E-state index in [0.717, 1.165) is 24.0 Å². The van der Waals surface area contributed by atoms with E-state index < -0.39 is 0 Å². The lowest BCUT2D eigenvalue weighted by molar-refractivity contribution is 0.471. The van der Waals surface area contributed by atoms with Crippen LogP contribution in [0.2, 0.25) is 5.02 Å². The molecule has 90 valence electrons.